The Balaban J connectivity index is 3.03. The minimum Gasteiger partial charge on any atom is -0.443 e. The maximum Gasteiger partial charge on any atom is 0.506 e. The van der Waals surface area contributed by atoms with Crippen LogP contribution < -0.4 is 5.59 Å². The van der Waals surface area contributed by atoms with Crippen molar-refractivity contribution in [3.8, 4) is 0 Å². The van der Waals surface area contributed by atoms with Crippen molar-refractivity contribution in [1.82, 2.24) is 4.57 Å². The van der Waals surface area contributed by atoms with Crippen LogP contribution in [0.3, 0.4) is 0 Å². The van der Waals surface area contributed by atoms with Crippen molar-refractivity contribution in [2.75, 3.05) is 0 Å². The van der Waals surface area contributed by atoms with E-state index in [1.54, 1.807) is 33.8 Å². The zero-order valence-corrected chi connectivity index (χ0v) is 9.89. The van der Waals surface area contributed by atoms with E-state index in [9.17, 15) is 4.79 Å². The van der Waals surface area contributed by atoms with Gasteiger partial charge in [0.2, 0.25) is 0 Å². The van der Waals surface area contributed by atoms with Crippen molar-refractivity contribution < 1.29 is 19.6 Å². The third-order valence-corrected chi connectivity index (χ3v) is 1.95. The molecule has 1 aromatic heterocycles. The van der Waals surface area contributed by atoms with Gasteiger partial charge in [0.15, 0.2) is 0 Å². The number of hydrogen-bond acceptors (Lipinski definition) is 4. The molecule has 2 N–H and O–H groups in total. The number of ether oxygens (including phenoxy) is 1. The van der Waals surface area contributed by atoms with Gasteiger partial charge in [0.1, 0.15) is 5.60 Å². The van der Waals surface area contributed by atoms with E-state index in [-0.39, 0.29) is 5.59 Å². The summed E-state index contributed by atoms with van der Waals surface area (Å²) in [4.78, 5) is 11.8. The van der Waals surface area contributed by atoms with E-state index >= 15 is 0 Å². The van der Waals surface area contributed by atoms with Crippen molar-refractivity contribution in [3.63, 3.8) is 0 Å². The minimum atomic E-state index is -1.69. The predicted molar refractivity (Wildman–Crippen MR) is 60.6 cm³/mol. The summed E-state index contributed by atoms with van der Waals surface area (Å²) in [6, 6.07) is 3.10. The molecule has 0 aliphatic rings. The first-order valence-electron chi connectivity index (χ1n) is 5.00. The first-order chi connectivity index (χ1) is 7.22. The lowest BCUT2D eigenvalue weighted by atomic mass is 9.86. The van der Waals surface area contributed by atoms with Gasteiger partial charge in [0.25, 0.3) is 0 Å². The SMILES string of the molecule is Cc1ccc(B(O)O)n1C(=O)OC(C)(C)C. The fraction of sp³-hybridized carbons (Fsp3) is 0.500. The van der Waals surface area contributed by atoms with Gasteiger partial charge in [-0.3, -0.25) is 4.57 Å². The van der Waals surface area contributed by atoms with Crippen molar-refractivity contribution in [1.29, 1.82) is 0 Å². The fourth-order valence-corrected chi connectivity index (χ4v) is 1.32. The second-order valence-electron chi connectivity index (χ2n) is 4.59. The molecule has 0 aromatic carbocycles. The highest BCUT2D eigenvalue weighted by atomic mass is 16.6. The first-order valence-corrected chi connectivity index (χ1v) is 5.00. The molecule has 0 unspecified atom stereocenters. The van der Waals surface area contributed by atoms with Crippen LogP contribution in [0.25, 0.3) is 0 Å². The van der Waals surface area contributed by atoms with E-state index in [0.29, 0.717) is 5.69 Å². The maximum atomic E-state index is 11.8. The van der Waals surface area contributed by atoms with E-state index in [4.69, 9.17) is 14.8 Å². The Labute approximate surface area is 94.8 Å². The molecule has 0 fully saturated rings. The van der Waals surface area contributed by atoms with Crippen LogP contribution in [0.5, 0.6) is 0 Å². The van der Waals surface area contributed by atoms with Crippen LogP contribution in [-0.2, 0) is 4.74 Å². The molecule has 0 aliphatic heterocycles. The molecule has 1 heterocycles. The summed E-state index contributed by atoms with van der Waals surface area (Å²) in [5.41, 5.74) is 0.0787. The van der Waals surface area contributed by atoms with Crippen LogP contribution in [0.15, 0.2) is 12.1 Å². The molecule has 0 atom stereocenters. The number of aromatic nitrogens is 1. The van der Waals surface area contributed by atoms with Gasteiger partial charge in [-0.1, -0.05) is 0 Å². The van der Waals surface area contributed by atoms with Gasteiger partial charge >= 0.3 is 13.2 Å². The predicted octanol–water partition coefficient (Wildman–Crippen LogP) is 0.260. The Morgan fingerprint density at radius 1 is 1.38 bits per heavy atom. The van der Waals surface area contributed by atoms with Crippen molar-refractivity contribution >= 4 is 18.8 Å². The Kier molecular flexibility index (Phi) is 3.45. The summed E-state index contributed by atoms with van der Waals surface area (Å²) in [6.07, 6.45) is -0.613. The van der Waals surface area contributed by atoms with Crippen molar-refractivity contribution in [3.05, 3.63) is 17.8 Å². The van der Waals surface area contributed by atoms with E-state index in [1.165, 1.54) is 6.07 Å². The van der Waals surface area contributed by atoms with Crippen LogP contribution in [0.2, 0.25) is 0 Å². The molecular weight excluding hydrogens is 209 g/mol. The molecule has 0 amide bonds. The number of rotatable bonds is 1. The second kappa shape index (κ2) is 4.31. The second-order valence-corrected chi connectivity index (χ2v) is 4.59. The van der Waals surface area contributed by atoms with E-state index < -0.39 is 18.8 Å². The molecule has 1 rings (SSSR count). The summed E-state index contributed by atoms with van der Waals surface area (Å²) in [5.74, 6) is 0. The number of carbonyl (C=O) groups excluding carboxylic acids is 1. The molecule has 5 nitrogen and oxygen atoms in total. The highest BCUT2D eigenvalue weighted by Gasteiger charge is 2.25. The monoisotopic (exact) mass is 225 g/mol. The quantitative estimate of drug-likeness (QED) is 0.672. The summed E-state index contributed by atoms with van der Waals surface area (Å²) in [7, 11) is -1.69. The third-order valence-electron chi connectivity index (χ3n) is 1.95. The van der Waals surface area contributed by atoms with Crippen LogP contribution >= 0.6 is 0 Å². The molecule has 0 aliphatic carbocycles. The summed E-state index contributed by atoms with van der Waals surface area (Å²) < 4.78 is 6.30. The van der Waals surface area contributed by atoms with Crippen LogP contribution in [-0.4, -0.2) is 33.4 Å². The van der Waals surface area contributed by atoms with Gasteiger partial charge in [-0.25, -0.2) is 4.79 Å². The number of carbonyl (C=O) groups is 1. The Morgan fingerprint density at radius 3 is 2.38 bits per heavy atom. The Morgan fingerprint density at radius 2 is 1.94 bits per heavy atom. The number of hydrogen-bond donors (Lipinski definition) is 2. The third kappa shape index (κ3) is 2.87. The summed E-state index contributed by atoms with van der Waals surface area (Å²) >= 11 is 0. The zero-order valence-electron chi connectivity index (χ0n) is 9.89. The standard InChI is InChI=1S/C10H16BNO4/c1-7-5-6-8(11(14)15)12(7)9(13)16-10(2,3)4/h5-6,14-15H,1-4H3. The topological polar surface area (TPSA) is 71.7 Å². The molecule has 0 saturated carbocycles. The molecule has 0 saturated heterocycles. The van der Waals surface area contributed by atoms with Crippen LogP contribution in [0, 0.1) is 6.92 Å². The van der Waals surface area contributed by atoms with Gasteiger partial charge in [-0.2, -0.15) is 0 Å². The van der Waals surface area contributed by atoms with Crippen molar-refractivity contribution in [2.24, 2.45) is 0 Å². The Hall–Kier alpha value is -1.27. The number of nitrogens with zero attached hydrogens (tertiary/aromatic N) is 1. The molecule has 6 heteroatoms. The smallest absolute Gasteiger partial charge is 0.443 e. The normalized spacial score (nSPS) is 11.4. The number of aryl methyl sites for hydroxylation is 1. The highest BCUT2D eigenvalue weighted by Crippen LogP contribution is 2.10. The first kappa shape index (κ1) is 12.8. The Bertz CT molecular complexity index is 392. The van der Waals surface area contributed by atoms with Gasteiger partial charge in [-0.05, 0) is 39.8 Å². The lowest BCUT2D eigenvalue weighted by Crippen LogP contribution is -2.41. The average Bonchev–Trinajstić information content (AvgIpc) is 2.43. The molecule has 0 spiro atoms. The fourth-order valence-electron chi connectivity index (χ4n) is 1.32. The molecule has 16 heavy (non-hydrogen) atoms. The van der Waals surface area contributed by atoms with E-state index in [1.807, 2.05) is 0 Å². The van der Waals surface area contributed by atoms with Gasteiger partial charge < -0.3 is 14.8 Å². The average molecular weight is 225 g/mol. The highest BCUT2D eigenvalue weighted by molar-refractivity contribution is 6.58. The molecule has 1 aromatic rings. The van der Waals surface area contributed by atoms with E-state index in [0.717, 1.165) is 4.57 Å². The molecule has 88 valence electrons. The van der Waals surface area contributed by atoms with Crippen molar-refractivity contribution in [2.45, 2.75) is 33.3 Å². The molecule has 0 radical (unpaired) electrons. The molecule has 0 bridgehead atoms. The van der Waals surface area contributed by atoms with Gasteiger partial charge in [0, 0.05) is 5.69 Å². The maximum absolute atomic E-state index is 11.8. The summed E-state index contributed by atoms with van der Waals surface area (Å²) in [5, 5.41) is 18.2. The molecular formula is C10H16BNO4. The minimum absolute atomic E-state index is 0.103. The lowest BCUT2D eigenvalue weighted by molar-refractivity contribution is 0.0538. The van der Waals surface area contributed by atoms with Gasteiger partial charge in [0.05, 0.1) is 5.59 Å². The van der Waals surface area contributed by atoms with Crippen LogP contribution in [0.1, 0.15) is 26.5 Å². The van der Waals surface area contributed by atoms with E-state index in [2.05, 4.69) is 0 Å². The largest absolute Gasteiger partial charge is 0.506 e. The summed E-state index contributed by atoms with van der Waals surface area (Å²) in [6.45, 7) is 6.94. The lowest BCUT2D eigenvalue weighted by Gasteiger charge is -2.21. The van der Waals surface area contributed by atoms with Gasteiger partial charge in [-0.15, -0.1) is 0 Å². The zero-order chi connectivity index (χ0) is 12.5. The van der Waals surface area contributed by atoms with Crippen LogP contribution in [0.4, 0.5) is 4.79 Å².